The lowest BCUT2D eigenvalue weighted by Crippen LogP contribution is -2.25. The van der Waals surface area contributed by atoms with Crippen LogP contribution in [0.4, 0.5) is 0 Å². The number of amides is 1. The summed E-state index contributed by atoms with van der Waals surface area (Å²) in [6.45, 7) is 2.60. The lowest BCUT2D eigenvalue weighted by atomic mass is 10.2. The van der Waals surface area contributed by atoms with Crippen LogP contribution in [-0.2, 0) is 16.1 Å². The number of carbonyl (C=O) groups excluding carboxylic acids is 1. The van der Waals surface area contributed by atoms with Gasteiger partial charge in [0.05, 0.1) is 20.3 Å². The third kappa shape index (κ3) is 7.38. The van der Waals surface area contributed by atoms with Gasteiger partial charge in [0, 0.05) is 30.8 Å². The molecule has 1 N–H and O–H groups in total. The molecule has 0 aliphatic carbocycles. The molecule has 0 radical (unpaired) electrons. The summed E-state index contributed by atoms with van der Waals surface area (Å²) in [5.41, 5.74) is 1.50. The first-order valence-electron chi connectivity index (χ1n) is 9.04. The molecule has 0 atom stereocenters. The normalized spacial score (nSPS) is 10.5. The largest absolute Gasteiger partial charge is 0.493 e. The minimum Gasteiger partial charge on any atom is -0.493 e. The SMILES string of the molecule is COCCOCCCNC(=O)c1ccc(OCc2ccc(Cl)cc2)c(OC)c1. The Morgan fingerprint density at radius 3 is 2.50 bits per heavy atom. The molecule has 152 valence electrons. The zero-order chi connectivity index (χ0) is 20.2. The van der Waals surface area contributed by atoms with E-state index >= 15 is 0 Å². The fraction of sp³-hybridized carbons (Fsp3) is 0.381. The van der Waals surface area contributed by atoms with Gasteiger partial charge >= 0.3 is 0 Å². The molecular weight excluding hydrogens is 382 g/mol. The van der Waals surface area contributed by atoms with E-state index in [2.05, 4.69) is 5.32 Å². The van der Waals surface area contributed by atoms with Gasteiger partial charge in [-0.3, -0.25) is 4.79 Å². The highest BCUT2D eigenvalue weighted by atomic mass is 35.5. The summed E-state index contributed by atoms with van der Waals surface area (Å²) in [4.78, 5) is 12.3. The van der Waals surface area contributed by atoms with Crippen molar-refractivity contribution in [1.29, 1.82) is 0 Å². The Bertz CT molecular complexity index is 736. The van der Waals surface area contributed by atoms with E-state index in [9.17, 15) is 4.79 Å². The third-order valence-corrected chi connectivity index (χ3v) is 4.17. The fourth-order valence-corrected chi connectivity index (χ4v) is 2.52. The maximum atomic E-state index is 12.3. The number of hydrogen-bond acceptors (Lipinski definition) is 5. The van der Waals surface area contributed by atoms with Crippen molar-refractivity contribution < 1.29 is 23.7 Å². The number of benzene rings is 2. The Morgan fingerprint density at radius 1 is 1.00 bits per heavy atom. The summed E-state index contributed by atoms with van der Waals surface area (Å²) in [5.74, 6) is 0.907. The molecule has 6 nitrogen and oxygen atoms in total. The molecule has 0 fully saturated rings. The van der Waals surface area contributed by atoms with E-state index in [0.29, 0.717) is 55.1 Å². The Morgan fingerprint density at radius 2 is 1.79 bits per heavy atom. The molecule has 1 amide bonds. The summed E-state index contributed by atoms with van der Waals surface area (Å²) < 4.78 is 21.4. The number of carbonyl (C=O) groups is 1. The first-order valence-corrected chi connectivity index (χ1v) is 9.42. The Balaban J connectivity index is 1.83. The Hall–Kier alpha value is -2.28. The second-order valence-corrected chi connectivity index (χ2v) is 6.43. The Kier molecular flexibility index (Phi) is 9.62. The molecule has 0 aromatic heterocycles. The monoisotopic (exact) mass is 407 g/mol. The summed E-state index contributed by atoms with van der Waals surface area (Å²) in [7, 11) is 3.18. The van der Waals surface area contributed by atoms with Crippen LogP contribution in [0.5, 0.6) is 11.5 Å². The summed E-state index contributed by atoms with van der Waals surface area (Å²) in [5, 5.41) is 3.54. The number of methoxy groups -OCH3 is 2. The van der Waals surface area contributed by atoms with Crippen molar-refractivity contribution in [2.45, 2.75) is 13.0 Å². The van der Waals surface area contributed by atoms with Gasteiger partial charge in [0.2, 0.25) is 0 Å². The van der Waals surface area contributed by atoms with Crippen LogP contribution < -0.4 is 14.8 Å². The molecule has 0 bridgehead atoms. The molecule has 0 aliphatic rings. The zero-order valence-electron chi connectivity index (χ0n) is 16.2. The summed E-state index contributed by atoms with van der Waals surface area (Å²) in [6.07, 6.45) is 0.731. The first-order chi connectivity index (χ1) is 13.6. The van der Waals surface area contributed by atoms with E-state index in [1.807, 2.05) is 24.3 Å². The number of halogens is 1. The fourth-order valence-electron chi connectivity index (χ4n) is 2.39. The van der Waals surface area contributed by atoms with Crippen molar-refractivity contribution in [3.8, 4) is 11.5 Å². The highest BCUT2D eigenvalue weighted by Crippen LogP contribution is 2.29. The average Bonchev–Trinajstić information content (AvgIpc) is 2.72. The molecule has 0 saturated carbocycles. The van der Waals surface area contributed by atoms with Gasteiger partial charge in [-0.05, 0) is 42.3 Å². The predicted octanol–water partition coefficient (Wildman–Crippen LogP) is 3.71. The van der Waals surface area contributed by atoms with Gasteiger partial charge in [0.1, 0.15) is 6.61 Å². The smallest absolute Gasteiger partial charge is 0.251 e. The minimum atomic E-state index is -0.167. The third-order valence-electron chi connectivity index (χ3n) is 3.92. The molecule has 0 unspecified atom stereocenters. The van der Waals surface area contributed by atoms with Crippen molar-refractivity contribution in [3.05, 3.63) is 58.6 Å². The van der Waals surface area contributed by atoms with Gasteiger partial charge in [-0.2, -0.15) is 0 Å². The maximum absolute atomic E-state index is 12.3. The molecule has 2 aromatic rings. The van der Waals surface area contributed by atoms with Gasteiger partial charge in [-0.15, -0.1) is 0 Å². The number of ether oxygens (including phenoxy) is 4. The van der Waals surface area contributed by atoms with E-state index in [1.54, 1.807) is 32.4 Å². The molecule has 0 heterocycles. The first kappa shape index (κ1) is 22.0. The van der Waals surface area contributed by atoms with Crippen LogP contribution in [0.3, 0.4) is 0 Å². The molecule has 0 spiro atoms. The van der Waals surface area contributed by atoms with Gasteiger partial charge < -0.3 is 24.3 Å². The summed E-state index contributed by atoms with van der Waals surface area (Å²) >= 11 is 5.89. The molecule has 7 heteroatoms. The van der Waals surface area contributed by atoms with Crippen LogP contribution in [-0.4, -0.2) is 46.5 Å². The van der Waals surface area contributed by atoms with Crippen LogP contribution in [0.25, 0.3) is 0 Å². The highest BCUT2D eigenvalue weighted by Gasteiger charge is 2.11. The van der Waals surface area contributed by atoms with Crippen LogP contribution in [0.1, 0.15) is 22.3 Å². The van der Waals surface area contributed by atoms with Crippen molar-refractivity contribution in [3.63, 3.8) is 0 Å². The molecule has 0 saturated heterocycles. The minimum absolute atomic E-state index is 0.167. The van der Waals surface area contributed by atoms with Crippen LogP contribution in [0.2, 0.25) is 5.02 Å². The second-order valence-electron chi connectivity index (χ2n) is 6.00. The van der Waals surface area contributed by atoms with Gasteiger partial charge in [-0.25, -0.2) is 0 Å². The van der Waals surface area contributed by atoms with Gasteiger partial charge in [0.25, 0.3) is 5.91 Å². The van der Waals surface area contributed by atoms with Crippen molar-refractivity contribution in [2.24, 2.45) is 0 Å². The van der Waals surface area contributed by atoms with Crippen molar-refractivity contribution in [1.82, 2.24) is 5.32 Å². The van der Waals surface area contributed by atoms with E-state index in [-0.39, 0.29) is 5.91 Å². The van der Waals surface area contributed by atoms with Gasteiger partial charge in [-0.1, -0.05) is 23.7 Å². The number of nitrogens with one attached hydrogen (secondary N) is 1. The van der Waals surface area contributed by atoms with Crippen molar-refractivity contribution >= 4 is 17.5 Å². The van der Waals surface area contributed by atoms with Crippen LogP contribution in [0, 0.1) is 0 Å². The quantitative estimate of drug-likeness (QED) is 0.543. The average molecular weight is 408 g/mol. The summed E-state index contributed by atoms with van der Waals surface area (Å²) in [6, 6.07) is 12.5. The zero-order valence-corrected chi connectivity index (χ0v) is 17.0. The van der Waals surface area contributed by atoms with Crippen LogP contribution >= 0.6 is 11.6 Å². The van der Waals surface area contributed by atoms with Crippen molar-refractivity contribution in [2.75, 3.05) is 40.6 Å². The Labute approximate surface area is 170 Å². The molecule has 28 heavy (non-hydrogen) atoms. The molecule has 0 aliphatic heterocycles. The predicted molar refractivity (Wildman–Crippen MR) is 108 cm³/mol. The molecule has 2 rings (SSSR count). The lowest BCUT2D eigenvalue weighted by Gasteiger charge is -2.12. The van der Waals surface area contributed by atoms with E-state index in [0.717, 1.165) is 12.0 Å². The van der Waals surface area contributed by atoms with E-state index in [4.69, 9.17) is 30.5 Å². The van der Waals surface area contributed by atoms with E-state index in [1.165, 1.54) is 0 Å². The number of rotatable bonds is 12. The van der Waals surface area contributed by atoms with Crippen LogP contribution in [0.15, 0.2) is 42.5 Å². The van der Waals surface area contributed by atoms with E-state index < -0.39 is 0 Å². The number of hydrogen-bond donors (Lipinski definition) is 1. The molecular formula is C21H26ClNO5. The topological polar surface area (TPSA) is 66.0 Å². The standard InChI is InChI=1S/C21H26ClNO5/c1-25-12-13-27-11-3-10-23-21(24)17-6-9-19(20(14-17)26-2)28-15-16-4-7-18(22)8-5-16/h4-9,14H,3,10-13,15H2,1-2H3,(H,23,24). The van der Waals surface area contributed by atoms with Gasteiger partial charge in [0.15, 0.2) is 11.5 Å². The second kappa shape index (κ2) is 12.2. The lowest BCUT2D eigenvalue weighted by molar-refractivity contribution is 0.0688. The highest BCUT2D eigenvalue weighted by molar-refractivity contribution is 6.30. The maximum Gasteiger partial charge on any atom is 0.251 e. The molecule has 2 aromatic carbocycles.